The summed E-state index contributed by atoms with van der Waals surface area (Å²) in [6.07, 6.45) is 2.43. The molecule has 1 aromatic rings. The van der Waals surface area contributed by atoms with Crippen LogP contribution in [0.4, 0.5) is 0 Å². The van der Waals surface area contributed by atoms with E-state index in [1.54, 1.807) is 18.7 Å². The van der Waals surface area contributed by atoms with Crippen molar-refractivity contribution in [3.63, 3.8) is 0 Å². The largest absolute Gasteiger partial charge is 0.469 e. The Hall–Kier alpha value is -1.94. The number of amides is 1. The highest BCUT2D eigenvalue weighted by Crippen LogP contribution is 2.29. The number of sulfonamides is 1. The maximum absolute atomic E-state index is 13.0. The van der Waals surface area contributed by atoms with Gasteiger partial charge in [-0.2, -0.15) is 4.31 Å². The first-order valence-corrected chi connectivity index (χ1v) is 11.0. The summed E-state index contributed by atoms with van der Waals surface area (Å²) in [5.41, 5.74) is 0.329. The number of methoxy groups -OCH3 is 1. The molecule has 1 unspecified atom stereocenters. The van der Waals surface area contributed by atoms with E-state index in [4.69, 9.17) is 9.26 Å². The Labute approximate surface area is 165 Å². The first kappa shape index (κ1) is 20.8. The monoisotopic (exact) mass is 413 g/mol. The fraction of sp³-hybridized carbons (Fsp3) is 0.722. The molecule has 9 nitrogen and oxygen atoms in total. The molecule has 156 valence electrons. The van der Waals surface area contributed by atoms with Crippen LogP contribution in [-0.2, 0) is 24.3 Å². The Morgan fingerprint density at radius 3 is 2.36 bits per heavy atom. The average molecular weight is 413 g/mol. The van der Waals surface area contributed by atoms with Crippen molar-refractivity contribution >= 4 is 21.9 Å². The highest BCUT2D eigenvalue weighted by atomic mass is 32.2. The van der Waals surface area contributed by atoms with Crippen LogP contribution in [0.2, 0.25) is 0 Å². The lowest BCUT2D eigenvalue weighted by atomic mass is 9.93. The lowest BCUT2D eigenvalue weighted by Gasteiger charge is -2.36. The van der Waals surface area contributed by atoms with Gasteiger partial charge in [0.05, 0.1) is 18.9 Å². The molecule has 2 saturated heterocycles. The van der Waals surface area contributed by atoms with Crippen LogP contribution in [0.3, 0.4) is 0 Å². The number of carbonyl (C=O) groups excluding carboxylic acids is 2. The molecule has 0 radical (unpaired) electrons. The maximum atomic E-state index is 13.0. The normalized spacial score (nSPS) is 22.2. The summed E-state index contributed by atoms with van der Waals surface area (Å²) in [4.78, 5) is 26.4. The molecule has 0 bridgehead atoms. The van der Waals surface area contributed by atoms with Crippen molar-refractivity contribution in [2.24, 2.45) is 11.8 Å². The molecule has 1 atom stereocenters. The van der Waals surface area contributed by atoms with E-state index in [0.29, 0.717) is 51.0 Å². The van der Waals surface area contributed by atoms with Gasteiger partial charge in [0.2, 0.25) is 15.9 Å². The van der Waals surface area contributed by atoms with Crippen LogP contribution < -0.4 is 0 Å². The standard InChI is InChI=1S/C18H27N3O6S/c1-12-16(13(2)27-19-12)28(24,25)21-8-4-5-15(11-21)17(22)20-9-6-14(7-10-20)18(23)26-3/h14-15H,4-11H2,1-3H3. The van der Waals surface area contributed by atoms with Crippen molar-refractivity contribution in [1.82, 2.24) is 14.4 Å². The van der Waals surface area contributed by atoms with Gasteiger partial charge in [-0.05, 0) is 39.5 Å². The van der Waals surface area contributed by atoms with E-state index in [-0.39, 0.29) is 40.9 Å². The number of ether oxygens (including phenoxy) is 1. The molecular formula is C18H27N3O6S. The van der Waals surface area contributed by atoms with Crippen LogP contribution in [0.15, 0.2) is 9.42 Å². The Kier molecular flexibility index (Phi) is 6.09. The molecule has 3 rings (SSSR count). The van der Waals surface area contributed by atoms with Gasteiger partial charge >= 0.3 is 5.97 Å². The predicted octanol–water partition coefficient (Wildman–Crippen LogP) is 1.10. The number of esters is 1. The number of hydrogen-bond donors (Lipinski definition) is 0. The van der Waals surface area contributed by atoms with E-state index in [1.807, 2.05) is 0 Å². The van der Waals surface area contributed by atoms with Crippen LogP contribution in [0.1, 0.15) is 37.1 Å². The highest BCUT2D eigenvalue weighted by molar-refractivity contribution is 7.89. The molecule has 0 N–H and O–H groups in total. The van der Waals surface area contributed by atoms with Crippen molar-refractivity contribution in [3.05, 3.63) is 11.5 Å². The number of likely N-dealkylation sites (tertiary alicyclic amines) is 1. The zero-order valence-electron chi connectivity index (χ0n) is 16.5. The van der Waals surface area contributed by atoms with Gasteiger partial charge in [0.15, 0.2) is 5.76 Å². The fourth-order valence-electron chi connectivity index (χ4n) is 4.09. The van der Waals surface area contributed by atoms with Crippen molar-refractivity contribution in [2.75, 3.05) is 33.3 Å². The zero-order valence-corrected chi connectivity index (χ0v) is 17.3. The molecule has 0 saturated carbocycles. The molecule has 10 heteroatoms. The maximum Gasteiger partial charge on any atom is 0.308 e. The van der Waals surface area contributed by atoms with Crippen molar-refractivity contribution in [2.45, 2.75) is 44.4 Å². The van der Waals surface area contributed by atoms with Gasteiger partial charge in [-0.25, -0.2) is 8.42 Å². The van der Waals surface area contributed by atoms with Gasteiger partial charge in [0, 0.05) is 26.2 Å². The van der Waals surface area contributed by atoms with Gasteiger partial charge in [-0.1, -0.05) is 5.16 Å². The third-order valence-electron chi connectivity index (χ3n) is 5.64. The summed E-state index contributed by atoms with van der Waals surface area (Å²) >= 11 is 0. The number of hydrogen-bond acceptors (Lipinski definition) is 7. The molecule has 28 heavy (non-hydrogen) atoms. The van der Waals surface area contributed by atoms with Gasteiger partial charge in [0.25, 0.3) is 0 Å². The second-order valence-corrected chi connectivity index (χ2v) is 9.35. The van der Waals surface area contributed by atoms with Crippen LogP contribution >= 0.6 is 0 Å². The fourth-order valence-corrected chi connectivity index (χ4v) is 5.91. The van der Waals surface area contributed by atoms with Crippen LogP contribution in [0.5, 0.6) is 0 Å². The summed E-state index contributed by atoms with van der Waals surface area (Å²) in [6, 6.07) is 0. The van der Waals surface area contributed by atoms with Crippen molar-refractivity contribution in [3.8, 4) is 0 Å². The van der Waals surface area contributed by atoms with Crippen molar-refractivity contribution in [1.29, 1.82) is 0 Å². The number of carbonyl (C=O) groups is 2. The minimum Gasteiger partial charge on any atom is -0.469 e. The Morgan fingerprint density at radius 2 is 1.79 bits per heavy atom. The molecule has 3 heterocycles. The van der Waals surface area contributed by atoms with Gasteiger partial charge < -0.3 is 14.2 Å². The molecule has 0 spiro atoms. The number of aryl methyl sites for hydroxylation is 2. The average Bonchev–Trinajstić information content (AvgIpc) is 3.05. The summed E-state index contributed by atoms with van der Waals surface area (Å²) in [5.74, 6) is -0.560. The highest BCUT2D eigenvalue weighted by Gasteiger charge is 2.38. The van der Waals surface area contributed by atoms with Gasteiger partial charge in [0.1, 0.15) is 10.6 Å². The molecule has 0 aliphatic carbocycles. The summed E-state index contributed by atoms with van der Waals surface area (Å²) in [6.45, 7) is 4.69. The van der Waals surface area contributed by atoms with Crippen LogP contribution in [-0.4, -0.2) is 67.9 Å². The van der Waals surface area contributed by atoms with E-state index in [2.05, 4.69) is 5.16 Å². The number of piperidine rings is 2. The Morgan fingerprint density at radius 1 is 1.11 bits per heavy atom. The lowest BCUT2D eigenvalue weighted by molar-refractivity contribution is -0.149. The van der Waals surface area contributed by atoms with E-state index < -0.39 is 10.0 Å². The molecule has 2 fully saturated rings. The SMILES string of the molecule is COC(=O)C1CCN(C(=O)C2CCCN(S(=O)(=O)c3c(C)noc3C)C2)CC1. The number of rotatable bonds is 4. The number of aromatic nitrogens is 1. The Balaban J connectivity index is 1.67. The summed E-state index contributed by atoms with van der Waals surface area (Å²) in [5, 5.41) is 3.74. The first-order chi connectivity index (χ1) is 13.3. The van der Waals surface area contributed by atoms with Gasteiger partial charge in [-0.3, -0.25) is 9.59 Å². The van der Waals surface area contributed by atoms with Crippen LogP contribution in [0, 0.1) is 25.7 Å². The zero-order chi connectivity index (χ0) is 20.5. The quantitative estimate of drug-likeness (QED) is 0.680. The molecule has 2 aliphatic heterocycles. The predicted molar refractivity (Wildman–Crippen MR) is 98.8 cm³/mol. The second kappa shape index (κ2) is 8.20. The molecule has 2 aliphatic rings. The molecule has 0 aromatic carbocycles. The van der Waals surface area contributed by atoms with E-state index in [0.717, 1.165) is 0 Å². The number of nitrogens with zero attached hydrogens (tertiary/aromatic N) is 3. The second-order valence-electron chi connectivity index (χ2n) is 7.48. The third-order valence-corrected chi connectivity index (χ3v) is 7.75. The summed E-state index contributed by atoms with van der Waals surface area (Å²) < 4.78 is 37.2. The Bertz CT molecular complexity index is 822. The minimum absolute atomic E-state index is 0.0398. The summed E-state index contributed by atoms with van der Waals surface area (Å²) in [7, 11) is -2.38. The third kappa shape index (κ3) is 3.93. The lowest BCUT2D eigenvalue weighted by Crippen LogP contribution is -2.49. The minimum atomic E-state index is -3.76. The first-order valence-electron chi connectivity index (χ1n) is 9.55. The van der Waals surface area contributed by atoms with E-state index in [9.17, 15) is 18.0 Å². The molecule has 1 amide bonds. The smallest absolute Gasteiger partial charge is 0.308 e. The topological polar surface area (TPSA) is 110 Å². The van der Waals surface area contributed by atoms with Crippen molar-refractivity contribution < 1.29 is 27.3 Å². The van der Waals surface area contributed by atoms with E-state index in [1.165, 1.54) is 11.4 Å². The molecule has 1 aromatic heterocycles. The van der Waals surface area contributed by atoms with E-state index >= 15 is 0 Å². The van der Waals surface area contributed by atoms with Gasteiger partial charge in [-0.15, -0.1) is 0 Å². The van der Waals surface area contributed by atoms with Crippen LogP contribution in [0.25, 0.3) is 0 Å². The molecular weight excluding hydrogens is 386 g/mol.